The smallest absolute Gasteiger partial charge is 0.199 e. The summed E-state index contributed by atoms with van der Waals surface area (Å²) in [7, 11) is 1.59. The predicted molar refractivity (Wildman–Crippen MR) is 34.6 cm³/mol. The van der Waals surface area contributed by atoms with Crippen molar-refractivity contribution in [3.8, 4) is 0 Å². The van der Waals surface area contributed by atoms with Crippen molar-refractivity contribution in [2.45, 2.75) is 24.9 Å². The molecule has 2 rings (SSSR count). The van der Waals surface area contributed by atoms with Gasteiger partial charge in [0, 0.05) is 13.7 Å². The molecule has 2 fully saturated rings. The average molecular weight is 161 g/mol. The molecule has 5 heteroatoms. The first-order valence-corrected chi connectivity index (χ1v) is 3.56. The predicted octanol–water partition coefficient (Wildman–Crippen LogP) is -1.38. The van der Waals surface area contributed by atoms with E-state index < -0.39 is 6.29 Å². The summed E-state index contributed by atoms with van der Waals surface area (Å²) in [6.45, 7) is 0.617. The number of aliphatic hydroxyl groups excluding tert-OH is 1. The van der Waals surface area contributed by atoms with Gasteiger partial charge in [0.1, 0.15) is 6.10 Å². The van der Waals surface area contributed by atoms with E-state index in [4.69, 9.17) is 19.3 Å². The molecule has 4 unspecified atom stereocenters. The van der Waals surface area contributed by atoms with Crippen LogP contribution < -0.4 is 5.32 Å². The Morgan fingerprint density at radius 3 is 2.73 bits per heavy atom. The molecule has 2 heterocycles. The molecule has 0 aromatic carbocycles. The molecule has 0 aliphatic carbocycles. The first-order chi connectivity index (χ1) is 5.31. The standard InChI is InChI=1S/C6H11NO4/c1-9-6-4(11-6)7-2-3-5(8)10-3/h3-8H,2H2,1H3. The zero-order valence-corrected chi connectivity index (χ0v) is 6.19. The molecule has 2 N–H and O–H groups in total. The zero-order chi connectivity index (χ0) is 7.84. The highest BCUT2D eigenvalue weighted by molar-refractivity contribution is 4.82. The van der Waals surface area contributed by atoms with Crippen LogP contribution in [0.1, 0.15) is 0 Å². The van der Waals surface area contributed by atoms with E-state index in [1.54, 1.807) is 7.11 Å². The van der Waals surface area contributed by atoms with Crippen LogP contribution in [0.3, 0.4) is 0 Å². The maximum absolute atomic E-state index is 8.75. The number of ether oxygens (including phenoxy) is 3. The third-order valence-corrected chi connectivity index (χ3v) is 1.76. The fraction of sp³-hybridized carbons (Fsp3) is 1.00. The molecule has 2 aliphatic rings. The summed E-state index contributed by atoms with van der Waals surface area (Å²) in [5.41, 5.74) is 0. The van der Waals surface area contributed by atoms with Crippen molar-refractivity contribution in [1.82, 2.24) is 5.32 Å². The van der Waals surface area contributed by atoms with E-state index in [1.807, 2.05) is 0 Å². The number of hydrogen-bond donors (Lipinski definition) is 2. The van der Waals surface area contributed by atoms with Gasteiger partial charge in [0.2, 0.25) is 0 Å². The molecular weight excluding hydrogens is 150 g/mol. The lowest BCUT2D eigenvalue weighted by Crippen LogP contribution is -2.25. The number of aliphatic hydroxyl groups is 1. The summed E-state index contributed by atoms with van der Waals surface area (Å²) >= 11 is 0. The fourth-order valence-electron chi connectivity index (χ4n) is 0.938. The fourth-order valence-corrected chi connectivity index (χ4v) is 0.938. The number of rotatable bonds is 4. The minimum Gasteiger partial charge on any atom is -0.366 e. The Morgan fingerprint density at radius 1 is 1.55 bits per heavy atom. The lowest BCUT2D eigenvalue weighted by Gasteiger charge is -1.94. The third kappa shape index (κ3) is 1.69. The van der Waals surface area contributed by atoms with Crippen LogP contribution in [0.5, 0.6) is 0 Å². The van der Waals surface area contributed by atoms with Gasteiger partial charge in [-0.1, -0.05) is 0 Å². The van der Waals surface area contributed by atoms with E-state index in [0.29, 0.717) is 6.54 Å². The van der Waals surface area contributed by atoms with Gasteiger partial charge in [0.25, 0.3) is 0 Å². The summed E-state index contributed by atoms with van der Waals surface area (Å²) in [6.07, 6.45) is -0.777. The van der Waals surface area contributed by atoms with Crippen LogP contribution in [0.4, 0.5) is 0 Å². The summed E-state index contributed by atoms with van der Waals surface area (Å²) in [5.74, 6) is 0. The Hall–Kier alpha value is -0.200. The highest BCUT2D eigenvalue weighted by Crippen LogP contribution is 2.22. The monoisotopic (exact) mass is 161 g/mol. The Balaban J connectivity index is 1.55. The molecule has 0 amide bonds. The first kappa shape index (κ1) is 7.45. The second kappa shape index (κ2) is 2.69. The molecule has 11 heavy (non-hydrogen) atoms. The van der Waals surface area contributed by atoms with Crippen molar-refractivity contribution in [2.24, 2.45) is 0 Å². The molecule has 0 bridgehead atoms. The van der Waals surface area contributed by atoms with E-state index in [0.717, 1.165) is 0 Å². The van der Waals surface area contributed by atoms with Gasteiger partial charge in [0.05, 0.1) is 0 Å². The van der Waals surface area contributed by atoms with E-state index in [-0.39, 0.29) is 18.6 Å². The van der Waals surface area contributed by atoms with Gasteiger partial charge in [-0.15, -0.1) is 0 Å². The summed E-state index contributed by atoms with van der Waals surface area (Å²) in [5, 5.41) is 11.8. The lowest BCUT2D eigenvalue weighted by molar-refractivity contribution is 0.0950. The SMILES string of the molecule is COC1OC1NCC1OC1O. The van der Waals surface area contributed by atoms with E-state index >= 15 is 0 Å². The van der Waals surface area contributed by atoms with Crippen molar-refractivity contribution in [2.75, 3.05) is 13.7 Å². The molecule has 0 spiro atoms. The molecule has 2 aliphatic heterocycles. The number of methoxy groups -OCH3 is 1. The minimum absolute atomic E-state index is 0.0172. The molecule has 64 valence electrons. The van der Waals surface area contributed by atoms with Gasteiger partial charge < -0.3 is 19.3 Å². The summed E-state index contributed by atoms with van der Waals surface area (Å²) in [4.78, 5) is 0. The molecule has 4 atom stereocenters. The maximum atomic E-state index is 8.75. The maximum Gasteiger partial charge on any atom is 0.199 e. The van der Waals surface area contributed by atoms with Gasteiger partial charge in [-0.05, 0) is 0 Å². The van der Waals surface area contributed by atoms with Gasteiger partial charge in [-0.3, -0.25) is 5.32 Å². The van der Waals surface area contributed by atoms with E-state index in [1.165, 1.54) is 0 Å². The third-order valence-electron chi connectivity index (χ3n) is 1.76. The zero-order valence-electron chi connectivity index (χ0n) is 6.19. The number of hydrogen-bond acceptors (Lipinski definition) is 5. The topological polar surface area (TPSA) is 66.5 Å². The van der Waals surface area contributed by atoms with Gasteiger partial charge >= 0.3 is 0 Å². The molecule has 2 saturated heterocycles. The lowest BCUT2D eigenvalue weighted by atomic mass is 10.4. The highest BCUT2D eigenvalue weighted by Gasteiger charge is 2.43. The van der Waals surface area contributed by atoms with Crippen molar-refractivity contribution in [3.63, 3.8) is 0 Å². The van der Waals surface area contributed by atoms with Crippen LogP contribution >= 0.6 is 0 Å². The molecule has 0 aromatic rings. The van der Waals surface area contributed by atoms with Gasteiger partial charge in [-0.2, -0.15) is 0 Å². The summed E-state index contributed by atoms with van der Waals surface area (Å²) in [6, 6.07) is 0. The Kier molecular flexibility index (Phi) is 1.82. The Bertz CT molecular complexity index is 154. The largest absolute Gasteiger partial charge is 0.366 e. The number of nitrogens with one attached hydrogen (secondary N) is 1. The van der Waals surface area contributed by atoms with Crippen molar-refractivity contribution < 1.29 is 19.3 Å². The molecule has 0 radical (unpaired) electrons. The van der Waals surface area contributed by atoms with Crippen LogP contribution in [-0.2, 0) is 14.2 Å². The van der Waals surface area contributed by atoms with Crippen molar-refractivity contribution in [1.29, 1.82) is 0 Å². The van der Waals surface area contributed by atoms with Crippen LogP contribution in [0, 0.1) is 0 Å². The quantitative estimate of drug-likeness (QED) is 0.497. The van der Waals surface area contributed by atoms with E-state index in [9.17, 15) is 0 Å². The number of epoxide rings is 2. The van der Waals surface area contributed by atoms with Crippen LogP contribution in [0.15, 0.2) is 0 Å². The normalized spacial score (nSPS) is 47.5. The van der Waals surface area contributed by atoms with Crippen molar-refractivity contribution >= 4 is 0 Å². The second-order valence-corrected chi connectivity index (χ2v) is 2.63. The summed E-state index contributed by atoms with van der Waals surface area (Å²) < 4.78 is 14.6. The molecule has 0 saturated carbocycles. The van der Waals surface area contributed by atoms with Gasteiger partial charge in [0.15, 0.2) is 18.8 Å². The molecular formula is C6H11NO4. The van der Waals surface area contributed by atoms with Crippen LogP contribution in [0.2, 0.25) is 0 Å². The Labute approximate surface area is 64.2 Å². The highest BCUT2D eigenvalue weighted by atomic mass is 16.8. The van der Waals surface area contributed by atoms with Crippen LogP contribution in [-0.4, -0.2) is 43.7 Å². The minimum atomic E-state index is -0.581. The average Bonchev–Trinajstić information content (AvgIpc) is 2.83. The van der Waals surface area contributed by atoms with Crippen molar-refractivity contribution in [3.05, 3.63) is 0 Å². The molecule has 5 nitrogen and oxygen atoms in total. The molecule has 0 aromatic heterocycles. The van der Waals surface area contributed by atoms with E-state index in [2.05, 4.69) is 5.32 Å². The first-order valence-electron chi connectivity index (χ1n) is 3.56. The van der Waals surface area contributed by atoms with Crippen LogP contribution in [0.25, 0.3) is 0 Å². The van der Waals surface area contributed by atoms with Gasteiger partial charge in [-0.25, -0.2) is 0 Å². The Morgan fingerprint density at radius 2 is 2.27 bits per heavy atom. The second-order valence-electron chi connectivity index (χ2n) is 2.63.